The number of hydrogen-bond donors (Lipinski definition) is 1. The lowest BCUT2D eigenvalue weighted by atomic mass is 9.84. The molecule has 6 heteroatoms. The third-order valence-corrected chi connectivity index (χ3v) is 5.27. The molecule has 1 saturated heterocycles. The Kier molecular flexibility index (Phi) is 4.23. The molecule has 124 valence electrons. The third-order valence-electron chi connectivity index (χ3n) is 5.27. The number of hydrogen-bond acceptors (Lipinski definition) is 4. The van der Waals surface area contributed by atoms with Crippen LogP contribution in [0.15, 0.2) is 18.3 Å². The SMILES string of the molecule is CC1(C)OB(c2cc(NC(=O)C3CCCC3)ccn2)OC1(C)C. The van der Waals surface area contributed by atoms with Gasteiger partial charge in [0.05, 0.1) is 16.8 Å². The molecule has 0 atom stereocenters. The summed E-state index contributed by atoms with van der Waals surface area (Å²) in [5, 5.41) is 3.00. The minimum absolute atomic E-state index is 0.105. The molecule has 23 heavy (non-hydrogen) atoms. The Balaban J connectivity index is 1.72. The molecule has 0 unspecified atom stereocenters. The lowest BCUT2D eigenvalue weighted by Gasteiger charge is -2.32. The molecule has 2 aliphatic rings. The van der Waals surface area contributed by atoms with Gasteiger partial charge in [-0.05, 0) is 52.7 Å². The van der Waals surface area contributed by atoms with Crippen LogP contribution in [-0.4, -0.2) is 29.2 Å². The van der Waals surface area contributed by atoms with Crippen LogP contribution in [0.5, 0.6) is 0 Å². The van der Waals surface area contributed by atoms with E-state index in [0.29, 0.717) is 5.59 Å². The zero-order valence-electron chi connectivity index (χ0n) is 14.4. The van der Waals surface area contributed by atoms with E-state index >= 15 is 0 Å². The first-order valence-electron chi connectivity index (χ1n) is 8.41. The minimum Gasteiger partial charge on any atom is -0.398 e. The predicted octanol–water partition coefficient (Wildman–Crippen LogP) is 2.51. The van der Waals surface area contributed by atoms with E-state index < -0.39 is 18.3 Å². The highest BCUT2D eigenvalue weighted by atomic mass is 16.7. The van der Waals surface area contributed by atoms with Gasteiger partial charge >= 0.3 is 7.12 Å². The summed E-state index contributed by atoms with van der Waals surface area (Å²) in [5.41, 5.74) is 0.639. The van der Waals surface area contributed by atoms with Crippen LogP contribution in [-0.2, 0) is 14.1 Å². The highest BCUT2D eigenvalue weighted by Gasteiger charge is 2.52. The summed E-state index contributed by atoms with van der Waals surface area (Å²) in [6.07, 6.45) is 5.95. The van der Waals surface area contributed by atoms with E-state index in [1.165, 1.54) is 0 Å². The molecule has 1 saturated carbocycles. The zero-order valence-corrected chi connectivity index (χ0v) is 14.4. The van der Waals surface area contributed by atoms with Crippen LogP contribution in [0.2, 0.25) is 0 Å². The van der Waals surface area contributed by atoms with E-state index in [2.05, 4.69) is 10.3 Å². The Morgan fingerprint density at radius 3 is 2.43 bits per heavy atom. The summed E-state index contributed by atoms with van der Waals surface area (Å²) in [6, 6.07) is 3.65. The van der Waals surface area contributed by atoms with Gasteiger partial charge in [-0.1, -0.05) is 12.8 Å². The third kappa shape index (κ3) is 3.28. The van der Waals surface area contributed by atoms with Gasteiger partial charge in [0.15, 0.2) is 0 Å². The van der Waals surface area contributed by atoms with Crippen molar-refractivity contribution in [2.45, 2.75) is 64.6 Å². The molecule has 1 amide bonds. The van der Waals surface area contributed by atoms with Gasteiger partial charge in [-0.25, -0.2) is 0 Å². The molecule has 3 rings (SSSR count). The fraction of sp³-hybridized carbons (Fsp3) is 0.647. The van der Waals surface area contributed by atoms with Crippen LogP contribution in [0.1, 0.15) is 53.4 Å². The first-order chi connectivity index (χ1) is 10.8. The van der Waals surface area contributed by atoms with Crippen LogP contribution >= 0.6 is 0 Å². The summed E-state index contributed by atoms with van der Waals surface area (Å²) in [5.74, 6) is 0.247. The van der Waals surface area contributed by atoms with Gasteiger partial charge in [0.1, 0.15) is 0 Å². The number of rotatable bonds is 3. The van der Waals surface area contributed by atoms with E-state index in [4.69, 9.17) is 9.31 Å². The van der Waals surface area contributed by atoms with Gasteiger partial charge in [-0.3, -0.25) is 9.78 Å². The maximum atomic E-state index is 12.3. The summed E-state index contributed by atoms with van der Waals surface area (Å²) in [7, 11) is -0.511. The van der Waals surface area contributed by atoms with E-state index in [-0.39, 0.29) is 11.8 Å². The number of nitrogens with one attached hydrogen (secondary N) is 1. The van der Waals surface area contributed by atoms with Gasteiger partial charge in [-0.15, -0.1) is 0 Å². The van der Waals surface area contributed by atoms with Crippen LogP contribution in [0.3, 0.4) is 0 Å². The average Bonchev–Trinajstić information content (AvgIpc) is 3.06. The first-order valence-corrected chi connectivity index (χ1v) is 8.41. The van der Waals surface area contributed by atoms with Crippen molar-refractivity contribution in [3.63, 3.8) is 0 Å². The van der Waals surface area contributed by atoms with Crippen molar-refractivity contribution >= 4 is 24.3 Å². The molecule has 2 heterocycles. The van der Waals surface area contributed by atoms with E-state index in [9.17, 15) is 4.79 Å². The van der Waals surface area contributed by atoms with Crippen LogP contribution < -0.4 is 10.9 Å². The lowest BCUT2D eigenvalue weighted by molar-refractivity contribution is -0.119. The molecule has 1 aromatic heterocycles. The number of amides is 1. The molecule has 0 radical (unpaired) electrons. The Morgan fingerprint density at radius 2 is 1.83 bits per heavy atom. The number of anilines is 1. The van der Waals surface area contributed by atoms with Crippen molar-refractivity contribution in [3.05, 3.63) is 18.3 Å². The molecular formula is C17H25BN2O3. The number of nitrogens with zero attached hydrogens (tertiary/aromatic N) is 1. The average molecular weight is 316 g/mol. The fourth-order valence-electron chi connectivity index (χ4n) is 3.05. The molecule has 1 aromatic rings. The standard InChI is InChI=1S/C17H25BN2O3/c1-16(2)17(3,4)23-18(22-16)14-11-13(9-10-19-14)20-15(21)12-7-5-6-8-12/h9-12H,5-8H2,1-4H3,(H,19,20,21). The fourth-order valence-corrected chi connectivity index (χ4v) is 3.05. The Morgan fingerprint density at radius 1 is 1.22 bits per heavy atom. The van der Waals surface area contributed by atoms with Gasteiger partial charge in [0.25, 0.3) is 0 Å². The minimum atomic E-state index is -0.511. The van der Waals surface area contributed by atoms with Gasteiger partial charge in [0, 0.05) is 17.8 Å². The molecule has 0 bridgehead atoms. The Bertz CT molecular complexity index is 581. The van der Waals surface area contributed by atoms with E-state index in [1.807, 2.05) is 39.8 Å². The molecule has 0 spiro atoms. The summed E-state index contributed by atoms with van der Waals surface area (Å²) >= 11 is 0. The van der Waals surface area contributed by atoms with Crippen molar-refractivity contribution in [1.82, 2.24) is 4.98 Å². The van der Waals surface area contributed by atoms with E-state index in [0.717, 1.165) is 31.4 Å². The molecular weight excluding hydrogens is 291 g/mol. The Labute approximate surface area is 138 Å². The van der Waals surface area contributed by atoms with Crippen LogP contribution in [0.25, 0.3) is 0 Å². The molecule has 5 nitrogen and oxygen atoms in total. The van der Waals surface area contributed by atoms with Crippen molar-refractivity contribution in [1.29, 1.82) is 0 Å². The normalized spacial score (nSPS) is 23.2. The number of carbonyl (C=O) groups is 1. The van der Waals surface area contributed by atoms with Crippen LogP contribution in [0.4, 0.5) is 5.69 Å². The highest BCUT2D eigenvalue weighted by molar-refractivity contribution is 6.61. The lowest BCUT2D eigenvalue weighted by Crippen LogP contribution is -2.41. The molecule has 2 fully saturated rings. The molecule has 0 aromatic carbocycles. The van der Waals surface area contributed by atoms with Gasteiger partial charge in [0.2, 0.25) is 5.91 Å². The first kappa shape index (κ1) is 16.5. The quantitative estimate of drug-likeness (QED) is 0.871. The summed E-state index contributed by atoms with van der Waals surface area (Å²) in [4.78, 5) is 16.6. The second-order valence-electron chi connectivity index (χ2n) is 7.53. The Hall–Kier alpha value is -1.40. The summed E-state index contributed by atoms with van der Waals surface area (Å²) < 4.78 is 12.0. The van der Waals surface area contributed by atoms with Crippen molar-refractivity contribution in [2.24, 2.45) is 5.92 Å². The van der Waals surface area contributed by atoms with Gasteiger partial charge < -0.3 is 14.6 Å². The molecule has 1 N–H and O–H groups in total. The molecule has 1 aliphatic heterocycles. The topological polar surface area (TPSA) is 60.5 Å². The van der Waals surface area contributed by atoms with E-state index in [1.54, 1.807) is 6.20 Å². The second kappa shape index (κ2) is 5.91. The number of pyridine rings is 1. The predicted molar refractivity (Wildman–Crippen MR) is 90.5 cm³/mol. The number of carbonyl (C=O) groups excluding carboxylic acids is 1. The van der Waals surface area contributed by atoms with Crippen molar-refractivity contribution in [2.75, 3.05) is 5.32 Å². The maximum absolute atomic E-state index is 12.3. The highest BCUT2D eigenvalue weighted by Crippen LogP contribution is 2.36. The monoisotopic (exact) mass is 316 g/mol. The van der Waals surface area contributed by atoms with Crippen molar-refractivity contribution < 1.29 is 14.1 Å². The largest absolute Gasteiger partial charge is 0.514 e. The van der Waals surface area contributed by atoms with Crippen molar-refractivity contribution in [3.8, 4) is 0 Å². The maximum Gasteiger partial charge on any atom is 0.514 e. The van der Waals surface area contributed by atoms with Crippen LogP contribution in [0, 0.1) is 5.92 Å². The summed E-state index contributed by atoms with van der Waals surface area (Å²) in [6.45, 7) is 8.05. The zero-order chi connectivity index (χ0) is 16.7. The van der Waals surface area contributed by atoms with Gasteiger partial charge in [-0.2, -0.15) is 0 Å². The number of aromatic nitrogens is 1. The smallest absolute Gasteiger partial charge is 0.398 e. The second-order valence-corrected chi connectivity index (χ2v) is 7.53. The molecule has 1 aliphatic carbocycles.